The van der Waals surface area contributed by atoms with Crippen molar-refractivity contribution in [3.63, 3.8) is 0 Å². The van der Waals surface area contributed by atoms with Crippen molar-refractivity contribution in [3.8, 4) is 0 Å². The summed E-state index contributed by atoms with van der Waals surface area (Å²) in [5, 5.41) is 0.385. The van der Waals surface area contributed by atoms with Crippen LogP contribution in [0.1, 0.15) is 11.1 Å². The summed E-state index contributed by atoms with van der Waals surface area (Å²) in [7, 11) is 0. The minimum Gasteiger partial charge on any atom is -0.311 e. The minimum absolute atomic E-state index is 0.0734. The molecule has 3 rings (SSSR count). The molecule has 0 aliphatic carbocycles. The zero-order valence-electron chi connectivity index (χ0n) is 11.9. The van der Waals surface area contributed by atoms with Crippen molar-refractivity contribution >= 4 is 35.0 Å². The molecule has 0 unspecified atom stereocenters. The van der Waals surface area contributed by atoms with Crippen molar-refractivity contribution in [1.29, 1.82) is 0 Å². The summed E-state index contributed by atoms with van der Waals surface area (Å²) in [4.78, 5) is 14.1. The van der Waals surface area contributed by atoms with Crippen molar-refractivity contribution < 1.29 is 9.18 Å². The van der Waals surface area contributed by atoms with Gasteiger partial charge in [-0.05, 0) is 35.7 Å². The number of hydrogen-bond acceptors (Lipinski definition) is 2. The van der Waals surface area contributed by atoms with Gasteiger partial charge in [0.05, 0.1) is 5.75 Å². The number of carbonyl (C=O) groups is 1. The van der Waals surface area contributed by atoms with Gasteiger partial charge in [-0.3, -0.25) is 4.79 Å². The van der Waals surface area contributed by atoms with Crippen LogP contribution in [0.2, 0.25) is 5.02 Å². The molecular weight excluding hydrogens is 321 g/mol. The Balaban J connectivity index is 1.57. The average Bonchev–Trinajstić information content (AvgIpc) is 2.93. The molecule has 0 aromatic heterocycles. The van der Waals surface area contributed by atoms with Crippen molar-refractivity contribution in [2.24, 2.45) is 0 Å². The van der Waals surface area contributed by atoms with Gasteiger partial charge in [0.2, 0.25) is 5.91 Å². The average molecular weight is 336 g/mol. The van der Waals surface area contributed by atoms with Gasteiger partial charge in [0.15, 0.2) is 0 Å². The molecule has 2 nitrogen and oxygen atoms in total. The first-order chi connectivity index (χ1) is 10.6. The Morgan fingerprint density at radius 2 is 2.09 bits per heavy atom. The van der Waals surface area contributed by atoms with Gasteiger partial charge in [0.25, 0.3) is 0 Å². The summed E-state index contributed by atoms with van der Waals surface area (Å²) < 4.78 is 13.7. The Hall–Kier alpha value is -1.52. The number of nitrogens with zero attached hydrogens (tertiary/aromatic N) is 1. The summed E-state index contributed by atoms with van der Waals surface area (Å²) in [6.45, 7) is 0.730. The van der Waals surface area contributed by atoms with E-state index in [4.69, 9.17) is 11.6 Å². The van der Waals surface area contributed by atoms with Crippen LogP contribution in [0, 0.1) is 5.82 Å². The maximum absolute atomic E-state index is 13.7. The third kappa shape index (κ3) is 3.28. The second-order valence-corrected chi connectivity index (χ2v) is 6.57. The molecule has 2 aromatic carbocycles. The van der Waals surface area contributed by atoms with Crippen LogP contribution in [0.4, 0.5) is 10.1 Å². The number of amides is 1. The van der Waals surface area contributed by atoms with Gasteiger partial charge >= 0.3 is 0 Å². The van der Waals surface area contributed by atoms with E-state index in [2.05, 4.69) is 6.07 Å². The molecule has 2 aromatic rings. The summed E-state index contributed by atoms with van der Waals surface area (Å²) in [6.07, 6.45) is 0.901. The fourth-order valence-corrected chi connectivity index (χ4v) is 3.61. The molecule has 22 heavy (non-hydrogen) atoms. The fraction of sp³-hybridized carbons (Fsp3) is 0.235. The zero-order chi connectivity index (χ0) is 15.5. The van der Waals surface area contributed by atoms with Crippen LogP contribution in [0.15, 0.2) is 42.5 Å². The monoisotopic (exact) mass is 335 g/mol. The summed E-state index contributed by atoms with van der Waals surface area (Å²) >= 11 is 7.15. The number of hydrogen-bond donors (Lipinski definition) is 0. The molecule has 1 amide bonds. The van der Waals surface area contributed by atoms with E-state index in [9.17, 15) is 9.18 Å². The maximum atomic E-state index is 13.7. The maximum Gasteiger partial charge on any atom is 0.237 e. The number of fused-ring (bicyclic) bond motifs is 1. The van der Waals surface area contributed by atoms with E-state index in [0.29, 0.717) is 22.1 Å². The highest BCUT2D eigenvalue weighted by Gasteiger charge is 2.23. The van der Waals surface area contributed by atoms with Crippen LogP contribution in [0.5, 0.6) is 0 Å². The number of halogens is 2. The first-order valence-corrected chi connectivity index (χ1v) is 8.58. The lowest BCUT2D eigenvalue weighted by molar-refractivity contribution is -0.116. The van der Waals surface area contributed by atoms with Crippen molar-refractivity contribution in [3.05, 3.63) is 64.4 Å². The normalized spacial score (nSPS) is 13.3. The quantitative estimate of drug-likeness (QED) is 0.830. The SMILES string of the molecule is O=C(CSCc1ccc(Cl)cc1F)N1CCc2ccccc21. The number of anilines is 1. The lowest BCUT2D eigenvalue weighted by atomic mass is 10.2. The molecule has 0 bridgehead atoms. The molecule has 0 saturated heterocycles. The Kier molecular flexibility index (Phi) is 4.69. The largest absolute Gasteiger partial charge is 0.311 e. The first kappa shape index (κ1) is 15.4. The molecule has 0 spiro atoms. The molecule has 0 N–H and O–H groups in total. The second kappa shape index (κ2) is 6.71. The molecule has 0 saturated carbocycles. The minimum atomic E-state index is -0.320. The summed E-state index contributed by atoms with van der Waals surface area (Å²) in [6, 6.07) is 12.6. The van der Waals surface area contributed by atoms with E-state index in [1.54, 1.807) is 12.1 Å². The Morgan fingerprint density at radius 3 is 2.91 bits per heavy atom. The Morgan fingerprint density at radius 1 is 1.27 bits per heavy atom. The molecule has 0 radical (unpaired) electrons. The van der Waals surface area contributed by atoms with E-state index in [1.807, 2.05) is 23.1 Å². The fourth-order valence-electron chi connectivity index (χ4n) is 2.56. The topological polar surface area (TPSA) is 20.3 Å². The number of thioether (sulfide) groups is 1. The predicted octanol–water partition coefficient (Wildman–Crippen LogP) is 4.30. The summed E-state index contributed by atoms with van der Waals surface area (Å²) in [5.74, 6) is 0.559. The van der Waals surface area contributed by atoms with Crippen LogP contribution in [0.25, 0.3) is 0 Å². The molecule has 1 heterocycles. The van der Waals surface area contributed by atoms with Crippen LogP contribution >= 0.6 is 23.4 Å². The number of rotatable bonds is 4. The van der Waals surface area contributed by atoms with E-state index in [-0.39, 0.29) is 11.7 Å². The van der Waals surface area contributed by atoms with Gasteiger partial charge in [-0.15, -0.1) is 11.8 Å². The molecule has 114 valence electrons. The highest BCUT2D eigenvalue weighted by Crippen LogP contribution is 2.28. The predicted molar refractivity (Wildman–Crippen MR) is 90.1 cm³/mol. The molecule has 0 atom stereocenters. The second-order valence-electron chi connectivity index (χ2n) is 5.15. The Bertz CT molecular complexity index is 707. The molecule has 0 fully saturated rings. The number of benzene rings is 2. The highest BCUT2D eigenvalue weighted by molar-refractivity contribution is 7.99. The first-order valence-electron chi connectivity index (χ1n) is 7.05. The Labute approximate surface area is 138 Å². The molecule has 5 heteroatoms. The molecule has 1 aliphatic heterocycles. The van der Waals surface area contributed by atoms with Crippen LogP contribution in [-0.2, 0) is 17.0 Å². The van der Waals surface area contributed by atoms with Gasteiger partial charge in [0.1, 0.15) is 5.82 Å². The van der Waals surface area contributed by atoms with E-state index in [1.165, 1.54) is 23.4 Å². The smallest absolute Gasteiger partial charge is 0.237 e. The lowest BCUT2D eigenvalue weighted by Crippen LogP contribution is -2.30. The van der Waals surface area contributed by atoms with Gasteiger partial charge in [-0.25, -0.2) is 4.39 Å². The number of carbonyl (C=O) groups excluding carboxylic acids is 1. The highest BCUT2D eigenvalue weighted by atomic mass is 35.5. The van der Waals surface area contributed by atoms with Crippen LogP contribution in [-0.4, -0.2) is 18.2 Å². The number of para-hydroxylation sites is 1. The van der Waals surface area contributed by atoms with Crippen molar-refractivity contribution in [2.45, 2.75) is 12.2 Å². The summed E-state index contributed by atoms with van der Waals surface area (Å²) in [5.41, 5.74) is 2.79. The van der Waals surface area contributed by atoms with Gasteiger partial charge < -0.3 is 4.90 Å². The van der Waals surface area contributed by atoms with Crippen LogP contribution < -0.4 is 4.90 Å². The van der Waals surface area contributed by atoms with E-state index >= 15 is 0 Å². The van der Waals surface area contributed by atoms with Crippen LogP contribution in [0.3, 0.4) is 0 Å². The van der Waals surface area contributed by atoms with Gasteiger partial charge in [0, 0.05) is 23.0 Å². The van der Waals surface area contributed by atoms with Gasteiger partial charge in [-0.2, -0.15) is 0 Å². The molecule has 1 aliphatic rings. The van der Waals surface area contributed by atoms with Gasteiger partial charge in [-0.1, -0.05) is 35.9 Å². The van der Waals surface area contributed by atoms with E-state index in [0.717, 1.165) is 18.7 Å². The van der Waals surface area contributed by atoms with E-state index < -0.39 is 0 Å². The third-order valence-electron chi connectivity index (χ3n) is 3.69. The lowest BCUT2D eigenvalue weighted by Gasteiger charge is -2.17. The van der Waals surface area contributed by atoms with Crippen molar-refractivity contribution in [2.75, 3.05) is 17.2 Å². The third-order valence-corrected chi connectivity index (χ3v) is 4.89. The zero-order valence-corrected chi connectivity index (χ0v) is 13.5. The molecular formula is C17H15ClFNOS. The van der Waals surface area contributed by atoms with Crippen molar-refractivity contribution in [1.82, 2.24) is 0 Å². The standard InChI is InChI=1S/C17H15ClFNOS/c18-14-6-5-13(15(19)9-14)10-22-11-17(21)20-8-7-12-3-1-2-4-16(12)20/h1-6,9H,7-8,10-11H2.